The van der Waals surface area contributed by atoms with E-state index in [4.69, 9.17) is 14.2 Å². The van der Waals surface area contributed by atoms with Gasteiger partial charge in [-0.25, -0.2) is 8.42 Å². The minimum absolute atomic E-state index is 0.107. The van der Waals surface area contributed by atoms with E-state index in [1.165, 1.54) is 12.0 Å². The molecule has 1 aromatic rings. The summed E-state index contributed by atoms with van der Waals surface area (Å²) in [5, 5.41) is 2.06. The fourth-order valence-corrected chi connectivity index (χ4v) is 6.26. The highest BCUT2D eigenvalue weighted by atomic mass is 32.2. The van der Waals surface area contributed by atoms with Gasteiger partial charge in [-0.3, -0.25) is 9.59 Å². The summed E-state index contributed by atoms with van der Waals surface area (Å²) in [7, 11) is -1.99. The minimum Gasteiger partial charge on any atom is -0.454 e. The number of sulfone groups is 1. The number of nitrogens with zero attached hydrogens (tertiary/aromatic N) is 1. The van der Waals surface area contributed by atoms with Gasteiger partial charge in [-0.15, -0.1) is 0 Å². The van der Waals surface area contributed by atoms with Crippen molar-refractivity contribution >= 4 is 21.7 Å². The number of hydrogen-bond acceptors (Lipinski definition) is 7. The molecule has 3 heterocycles. The number of carbonyl (C=O) groups excluding carboxylic acids is 2. The number of fused-ring (bicyclic) bond motifs is 2. The van der Waals surface area contributed by atoms with E-state index in [2.05, 4.69) is 5.32 Å². The summed E-state index contributed by atoms with van der Waals surface area (Å²) in [6.45, 7) is 0.377. The smallest absolute Gasteiger partial charge is 0.254 e. The van der Waals surface area contributed by atoms with Crippen LogP contribution < -0.4 is 14.8 Å². The van der Waals surface area contributed by atoms with Gasteiger partial charge in [0, 0.05) is 37.7 Å². The first-order valence-corrected chi connectivity index (χ1v) is 10.3. The molecule has 27 heavy (non-hydrogen) atoms. The van der Waals surface area contributed by atoms with Crippen LogP contribution in [0.15, 0.2) is 18.2 Å². The first-order valence-electron chi connectivity index (χ1n) is 8.58. The highest BCUT2D eigenvalue weighted by Crippen LogP contribution is 2.36. The molecule has 4 rings (SSSR count). The first-order chi connectivity index (χ1) is 12.9. The van der Waals surface area contributed by atoms with Gasteiger partial charge < -0.3 is 24.4 Å². The number of rotatable bonds is 4. The van der Waals surface area contributed by atoms with Crippen molar-refractivity contribution in [2.24, 2.45) is 5.92 Å². The molecule has 0 bridgehead atoms. The van der Waals surface area contributed by atoms with Gasteiger partial charge in [0.1, 0.15) is 6.61 Å². The van der Waals surface area contributed by atoms with Crippen molar-refractivity contribution in [3.05, 3.63) is 23.8 Å². The molecule has 3 atom stereocenters. The predicted molar refractivity (Wildman–Crippen MR) is 93.3 cm³/mol. The zero-order chi connectivity index (χ0) is 19.2. The van der Waals surface area contributed by atoms with Gasteiger partial charge in [0.2, 0.25) is 12.7 Å². The van der Waals surface area contributed by atoms with Crippen molar-refractivity contribution in [3.63, 3.8) is 0 Å². The third-order valence-corrected chi connectivity index (χ3v) is 7.47. The third kappa shape index (κ3) is 3.23. The third-order valence-electron chi connectivity index (χ3n) is 5.23. The van der Waals surface area contributed by atoms with E-state index < -0.39 is 21.1 Å². The number of likely N-dealkylation sites (tertiary alicyclic amines) is 1. The molecule has 0 saturated carbocycles. The fourth-order valence-electron chi connectivity index (χ4n) is 3.97. The highest BCUT2D eigenvalue weighted by molar-refractivity contribution is 7.92. The molecule has 2 saturated heterocycles. The highest BCUT2D eigenvalue weighted by Gasteiger charge is 2.53. The first kappa shape index (κ1) is 18.1. The molecule has 1 N–H and O–H groups in total. The van der Waals surface area contributed by atoms with E-state index in [-0.39, 0.29) is 50.0 Å². The molecule has 1 aromatic carbocycles. The second-order valence-electron chi connectivity index (χ2n) is 6.92. The molecule has 2 amide bonds. The maximum Gasteiger partial charge on any atom is 0.254 e. The summed E-state index contributed by atoms with van der Waals surface area (Å²) in [6.07, 6.45) is 0. The zero-order valence-electron chi connectivity index (χ0n) is 14.7. The monoisotopic (exact) mass is 396 g/mol. The Kier molecular flexibility index (Phi) is 4.47. The number of carbonyl (C=O) groups is 2. The predicted octanol–water partition coefficient (Wildman–Crippen LogP) is -0.584. The standard InChI is InChI=1S/C17H20N2O7S/c1-24-7-16(20)18-12-8-27(22,23)15-6-19(5-11(12)15)17(21)10-2-3-13-14(4-10)26-9-25-13/h2-4,11-12,15H,5-9H2,1H3,(H,18,20)/t11-,12+,15-/m0/s1. The van der Waals surface area contributed by atoms with E-state index in [0.29, 0.717) is 17.1 Å². The molecule has 9 nitrogen and oxygen atoms in total. The molecule has 10 heteroatoms. The van der Waals surface area contributed by atoms with Crippen molar-refractivity contribution in [2.75, 3.05) is 39.4 Å². The summed E-state index contributed by atoms with van der Waals surface area (Å²) in [4.78, 5) is 26.2. The van der Waals surface area contributed by atoms with E-state index in [0.717, 1.165) is 0 Å². The Bertz CT molecular complexity index is 885. The normalized spacial score (nSPS) is 27.4. The van der Waals surface area contributed by atoms with Crippen LogP contribution in [0, 0.1) is 5.92 Å². The van der Waals surface area contributed by atoms with Gasteiger partial charge in [-0.2, -0.15) is 0 Å². The zero-order valence-corrected chi connectivity index (χ0v) is 15.5. The Labute approximate surface area is 156 Å². The lowest BCUT2D eigenvalue weighted by atomic mass is 10.0. The molecular weight excluding hydrogens is 376 g/mol. The number of hydrogen-bond donors (Lipinski definition) is 1. The molecule has 3 aliphatic heterocycles. The number of amides is 2. The van der Waals surface area contributed by atoms with Crippen LogP contribution in [0.4, 0.5) is 0 Å². The largest absolute Gasteiger partial charge is 0.454 e. The van der Waals surface area contributed by atoms with Gasteiger partial charge in [0.15, 0.2) is 21.3 Å². The summed E-state index contributed by atoms with van der Waals surface area (Å²) >= 11 is 0. The van der Waals surface area contributed by atoms with Crippen LogP contribution in [-0.2, 0) is 19.4 Å². The van der Waals surface area contributed by atoms with Crippen LogP contribution >= 0.6 is 0 Å². The summed E-state index contributed by atoms with van der Waals surface area (Å²) < 4.78 is 40.3. The summed E-state index contributed by atoms with van der Waals surface area (Å²) in [6, 6.07) is 4.38. The second-order valence-corrected chi connectivity index (χ2v) is 9.18. The average Bonchev–Trinajstić information content (AvgIpc) is 3.31. The topological polar surface area (TPSA) is 111 Å². The molecule has 0 spiro atoms. The van der Waals surface area contributed by atoms with Crippen molar-refractivity contribution < 1.29 is 32.2 Å². The Morgan fingerprint density at radius 1 is 1.26 bits per heavy atom. The molecule has 3 aliphatic rings. The van der Waals surface area contributed by atoms with Gasteiger partial charge in [-0.05, 0) is 18.2 Å². The Hall–Kier alpha value is -2.33. The van der Waals surface area contributed by atoms with Crippen LogP contribution in [0.2, 0.25) is 0 Å². The van der Waals surface area contributed by atoms with Gasteiger partial charge >= 0.3 is 0 Å². The lowest BCUT2D eigenvalue weighted by Gasteiger charge is -2.21. The number of methoxy groups -OCH3 is 1. The summed E-state index contributed by atoms with van der Waals surface area (Å²) in [5.74, 6) is 0.0163. The molecule has 0 aliphatic carbocycles. The molecule has 0 aromatic heterocycles. The molecular formula is C17H20N2O7S. The molecule has 146 valence electrons. The van der Waals surface area contributed by atoms with E-state index in [1.54, 1.807) is 18.2 Å². The van der Waals surface area contributed by atoms with Crippen LogP contribution in [-0.4, -0.2) is 75.8 Å². The molecule has 2 fully saturated rings. The maximum absolute atomic E-state index is 12.8. The van der Waals surface area contributed by atoms with E-state index in [9.17, 15) is 18.0 Å². The van der Waals surface area contributed by atoms with E-state index in [1.807, 2.05) is 0 Å². The van der Waals surface area contributed by atoms with Crippen LogP contribution in [0.5, 0.6) is 11.5 Å². The Morgan fingerprint density at radius 2 is 2.04 bits per heavy atom. The second kappa shape index (κ2) is 6.68. The lowest BCUT2D eigenvalue weighted by Crippen LogP contribution is -2.43. The number of ether oxygens (including phenoxy) is 3. The average molecular weight is 396 g/mol. The van der Waals surface area contributed by atoms with Crippen LogP contribution in [0.3, 0.4) is 0 Å². The van der Waals surface area contributed by atoms with Gasteiger partial charge in [0.25, 0.3) is 5.91 Å². The van der Waals surface area contributed by atoms with Crippen molar-refractivity contribution in [2.45, 2.75) is 11.3 Å². The number of nitrogens with one attached hydrogen (secondary N) is 1. The lowest BCUT2D eigenvalue weighted by molar-refractivity contribution is -0.125. The van der Waals surface area contributed by atoms with Crippen LogP contribution in [0.1, 0.15) is 10.4 Å². The molecule has 0 unspecified atom stereocenters. The quantitative estimate of drug-likeness (QED) is 0.724. The maximum atomic E-state index is 12.8. The fraction of sp³-hybridized carbons (Fsp3) is 0.529. The summed E-state index contributed by atoms with van der Waals surface area (Å²) in [5.41, 5.74) is 0.414. The van der Waals surface area contributed by atoms with Crippen LogP contribution in [0.25, 0.3) is 0 Å². The van der Waals surface area contributed by atoms with Gasteiger partial charge in [-0.1, -0.05) is 0 Å². The van der Waals surface area contributed by atoms with Crippen molar-refractivity contribution in [3.8, 4) is 11.5 Å². The SMILES string of the molecule is COCC(=O)N[C@@H]1CS(=O)(=O)[C@H]2CN(C(=O)c3ccc4c(c3)OCO4)C[C@@H]12. The Balaban J connectivity index is 1.51. The Morgan fingerprint density at radius 3 is 2.81 bits per heavy atom. The van der Waals surface area contributed by atoms with Crippen molar-refractivity contribution in [1.29, 1.82) is 0 Å². The minimum atomic E-state index is -3.39. The molecule has 0 radical (unpaired) electrons. The van der Waals surface area contributed by atoms with Gasteiger partial charge in [0.05, 0.1) is 11.0 Å². The van der Waals surface area contributed by atoms with Crippen molar-refractivity contribution in [1.82, 2.24) is 10.2 Å². The number of benzene rings is 1. The van der Waals surface area contributed by atoms with E-state index >= 15 is 0 Å².